The molecule has 2 heterocycles. The summed E-state index contributed by atoms with van der Waals surface area (Å²) in [5.41, 5.74) is 1.95. The molecule has 0 bridgehead atoms. The Balaban J connectivity index is 1.32. The molecule has 3 aromatic rings. The van der Waals surface area contributed by atoms with E-state index in [0.29, 0.717) is 21.1 Å². The highest BCUT2D eigenvalue weighted by Gasteiger charge is 2.26. The number of non-ortho nitro benzene ring substituents is 1. The van der Waals surface area contributed by atoms with Crippen LogP contribution in [0.2, 0.25) is 5.02 Å². The molecule has 1 N–H and O–H groups in total. The number of fused-ring (bicyclic) bond motifs is 1. The van der Waals surface area contributed by atoms with Crippen LogP contribution in [0.3, 0.4) is 0 Å². The summed E-state index contributed by atoms with van der Waals surface area (Å²) in [7, 11) is 0. The lowest BCUT2D eigenvalue weighted by Crippen LogP contribution is -2.38. The van der Waals surface area contributed by atoms with E-state index < -0.39 is 4.92 Å². The predicted octanol–water partition coefficient (Wildman–Crippen LogP) is 4.97. The Hall–Kier alpha value is -2.49. The maximum absolute atomic E-state index is 12.4. The summed E-state index contributed by atoms with van der Waals surface area (Å²) in [6.07, 6.45) is 1.68. The number of amides is 1. The second kappa shape index (κ2) is 8.71. The number of nitro groups is 1. The first-order chi connectivity index (χ1) is 14.4. The number of nitrogens with one attached hydrogen (secondary N) is 1. The van der Waals surface area contributed by atoms with Crippen LogP contribution in [-0.2, 0) is 4.79 Å². The SMILES string of the molecule is O=C(CN1CCC(c2nc3cc(Cl)ccc3o2)CC1)Nc1ccc([N+](=O)[O-])cc1Br. The molecule has 1 fully saturated rings. The zero-order valence-corrected chi connectivity index (χ0v) is 18.1. The number of aromatic nitrogens is 1. The number of rotatable bonds is 5. The number of halogens is 2. The molecule has 10 heteroatoms. The smallest absolute Gasteiger partial charge is 0.270 e. The molecule has 0 spiro atoms. The first kappa shape index (κ1) is 20.8. The molecule has 0 radical (unpaired) electrons. The van der Waals surface area contributed by atoms with Crippen LogP contribution in [0.5, 0.6) is 0 Å². The van der Waals surface area contributed by atoms with Gasteiger partial charge in [0.05, 0.1) is 17.2 Å². The zero-order chi connectivity index (χ0) is 21.3. The second-order valence-corrected chi connectivity index (χ2v) is 8.47. The van der Waals surface area contributed by atoms with Gasteiger partial charge in [0.1, 0.15) is 5.52 Å². The highest BCUT2D eigenvalue weighted by Crippen LogP contribution is 2.31. The molecule has 30 heavy (non-hydrogen) atoms. The third-order valence-electron chi connectivity index (χ3n) is 5.11. The van der Waals surface area contributed by atoms with Crippen LogP contribution in [-0.4, -0.2) is 40.3 Å². The van der Waals surface area contributed by atoms with Gasteiger partial charge < -0.3 is 9.73 Å². The Morgan fingerprint density at radius 3 is 2.77 bits per heavy atom. The maximum atomic E-state index is 12.4. The molecule has 1 amide bonds. The lowest BCUT2D eigenvalue weighted by molar-refractivity contribution is -0.384. The minimum absolute atomic E-state index is 0.0385. The van der Waals surface area contributed by atoms with Gasteiger partial charge in [0.15, 0.2) is 11.5 Å². The van der Waals surface area contributed by atoms with Gasteiger partial charge in [-0.2, -0.15) is 0 Å². The van der Waals surface area contributed by atoms with Crippen LogP contribution in [0.1, 0.15) is 24.7 Å². The Labute approximate surface area is 185 Å². The van der Waals surface area contributed by atoms with E-state index in [1.165, 1.54) is 18.2 Å². The van der Waals surface area contributed by atoms with Crippen LogP contribution < -0.4 is 5.32 Å². The third-order valence-corrected chi connectivity index (χ3v) is 6.00. The van der Waals surface area contributed by atoms with E-state index in [9.17, 15) is 14.9 Å². The fraction of sp³-hybridized carbons (Fsp3) is 0.300. The van der Waals surface area contributed by atoms with Crippen molar-refractivity contribution in [2.24, 2.45) is 0 Å². The van der Waals surface area contributed by atoms with Crippen molar-refractivity contribution < 1.29 is 14.1 Å². The van der Waals surface area contributed by atoms with Gasteiger partial charge in [-0.3, -0.25) is 19.8 Å². The monoisotopic (exact) mass is 492 g/mol. The number of carbonyl (C=O) groups is 1. The minimum Gasteiger partial charge on any atom is -0.440 e. The molecule has 4 rings (SSSR count). The fourth-order valence-corrected chi connectivity index (χ4v) is 4.18. The molecule has 1 aliphatic heterocycles. The van der Waals surface area contributed by atoms with E-state index in [1.807, 2.05) is 6.07 Å². The van der Waals surface area contributed by atoms with Gasteiger partial charge in [-0.25, -0.2) is 4.98 Å². The number of oxazole rings is 1. The first-order valence-corrected chi connectivity index (χ1v) is 10.6. The Bertz CT molecular complexity index is 1110. The van der Waals surface area contributed by atoms with Crippen molar-refractivity contribution in [3.8, 4) is 0 Å². The first-order valence-electron chi connectivity index (χ1n) is 9.41. The second-order valence-electron chi connectivity index (χ2n) is 7.18. The molecule has 0 unspecified atom stereocenters. The summed E-state index contributed by atoms with van der Waals surface area (Å²) in [4.78, 5) is 29.4. The molecule has 156 valence electrons. The van der Waals surface area contributed by atoms with E-state index in [1.54, 1.807) is 12.1 Å². The summed E-state index contributed by atoms with van der Waals surface area (Å²) in [6.45, 7) is 1.75. The average molecular weight is 494 g/mol. The minimum atomic E-state index is -0.480. The van der Waals surface area contributed by atoms with Gasteiger partial charge in [-0.15, -0.1) is 0 Å². The summed E-state index contributed by atoms with van der Waals surface area (Å²) in [5, 5.41) is 14.2. The Kier molecular flexibility index (Phi) is 6.03. The molecule has 1 aromatic heterocycles. The highest BCUT2D eigenvalue weighted by atomic mass is 79.9. The van der Waals surface area contributed by atoms with Crippen molar-refractivity contribution in [3.63, 3.8) is 0 Å². The summed E-state index contributed by atoms with van der Waals surface area (Å²) >= 11 is 9.27. The van der Waals surface area contributed by atoms with Crippen molar-refractivity contribution in [1.82, 2.24) is 9.88 Å². The molecule has 0 atom stereocenters. The molecule has 0 aliphatic carbocycles. The van der Waals surface area contributed by atoms with Gasteiger partial charge in [0, 0.05) is 27.5 Å². The van der Waals surface area contributed by atoms with E-state index >= 15 is 0 Å². The molecule has 0 saturated carbocycles. The number of piperidine rings is 1. The van der Waals surface area contributed by atoms with Gasteiger partial charge >= 0.3 is 0 Å². The van der Waals surface area contributed by atoms with Gasteiger partial charge in [0.25, 0.3) is 5.69 Å². The third kappa shape index (κ3) is 4.63. The van der Waals surface area contributed by atoms with Crippen LogP contribution >= 0.6 is 27.5 Å². The summed E-state index contributed by atoms with van der Waals surface area (Å²) in [6, 6.07) is 9.65. The van der Waals surface area contributed by atoms with E-state index in [0.717, 1.165) is 37.0 Å². The van der Waals surface area contributed by atoms with E-state index in [4.69, 9.17) is 16.0 Å². The quantitative estimate of drug-likeness (QED) is 0.398. The number of anilines is 1. The molecular formula is C20H18BrClN4O4. The largest absolute Gasteiger partial charge is 0.440 e. The van der Waals surface area contributed by atoms with Crippen LogP contribution in [0.25, 0.3) is 11.1 Å². The summed E-state index contributed by atoms with van der Waals surface area (Å²) in [5.74, 6) is 0.755. The van der Waals surface area contributed by atoms with Crippen molar-refractivity contribution in [2.45, 2.75) is 18.8 Å². The molecular weight excluding hydrogens is 476 g/mol. The normalized spacial score (nSPS) is 15.4. The maximum Gasteiger partial charge on any atom is 0.270 e. The van der Waals surface area contributed by atoms with Gasteiger partial charge in [-0.1, -0.05) is 11.6 Å². The zero-order valence-electron chi connectivity index (χ0n) is 15.8. The lowest BCUT2D eigenvalue weighted by Gasteiger charge is -2.29. The molecule has 1 saturated heterocycles. The molecule has 1 aliphatic rings. The molecule has 8 nitrogen and oxygen atoms in total. The van der Waals surface area contributed by atoms with Gasteiger partial charge in [0.2, 0.25) is 5.91 Å². The summed E-state index contributed by atoms with van der Waals surface area (Å²) < 4.78 is 6.35. The topological polar surface area (TPSA) is 102 Å². The van der Waals surface area contributed by atoms with Crippen LogP contribution in [0, 0.1) is 10.1 Å². The Morgan fingerprint density at radius 2 is 2.07 bits per heavy atom. The lowest BCUT2D eigenvalue weighted by atomic mass is 9.97. The number of hydrogen-bond donors (Lipinski definition) is 1. The number of nitrogens with zero attached hydrogens (tertiary/aromatic N) is 3. The van der Waals surface area contributed by atoms with Gasteiger partial charge in [-0.05, 0) is 66.1 Å². The number of benzene rings is 2. The standard InChI is InChI=1S/C20H18BrClN4O4/c21-15-10-14(26(28)29)2-3-16(15)23-19(27)11-25-7-5-12(6-8-25)20-24-17-9-13(22)1-4-18(17)30-20/h1-4,9-10,12H,5-8,11H2,(H,23,27). The number of nitro benzene ring substituents is 1. The van der Waals surface area contributed by atoms with Crippen LogP contribution in [0.15, 0.2) is 45.3 Å². The van der Waals surface area contributed by atoms with Crippen LogP contribution in [0.4, 0.5) is 11.4 Å². The highest BCUT2D eigenvalue weighted by molar-refractivity contribution is 9.10. The predicted molar refractivity (Wildman–Crippen MR) is 117 cm³/mol. The fourth-order valence-electron chi connectivity index (χ4n) is 3.54. The number of hydrogen-bond acceptors (Lipinski definition) is 6. The number of carbonyl (C=O) groups excluding carboxylic acids is 1. The van der Waals surface area contributed by atoms with E-state index in [-0.39, 0.29) is 24.1 Å². The van der Waals surface area contributed by atoms with Crippen molar-refractivity contribution in [3.05, 3.63) is 61.9 Å². The van der Waals surface area contributed by atoms with Crippen molar-refractivity contribution in [2.75, 3.05) is 25.0 Å². The van der Waals surface area contributed by atoms with Crippen molar-refractivity contribution >= 4 is 55.9 Å². The van der Waals surface area contributed by atoms with Crippen molar-refractivity contribution in [1.29, 1.82) is 0 Å². The number of likely N-dealkylation sites (tertiary alicyclic amines) is 1. The average Bonchev–Trinajstić information content (AvgIpc) is 3.13. The van der Waals surface area contributed by atoms with E-state index in [2.05, 4.69) is 31.1 Å². The molecule has 2 aromatic carbocycles. The Morgan fingerprint density at radius 1 is 1.30 bits per heavy atom.